The number of esters is 2. The number of hydrogen-bond donors (Lipinski definition) is 2. The summed E-state index contributed by atoms with van der Waals surface area (Å²) in [5.41, 5.74) is 2.35. The van der Waals surface area contributed by atoms with E-state index in [1.165, 1.54) is 0 Å². The highest BCUT2D eigenvalue weighted by molar-refractivity contribution is 5.91. The molecule has 2 amide bonds. The average molecular weight is 669 g/mol. The molecule has 4 heterocycles. The van der Waals surface area contributed by atoms with Crippen molar-refractivity contribution in [3.05, 3.63) is 47.6 Å². The van der Waals surface area contributed by atoms with Crippen molar-refractivity contribution >= 4 is 24.1 Å². The van der Waals surface area contributed by atoms with Crippen LogP contribution in [0.25, 0.3) is 0 Å². The Morgan fingerprint density at radius 3 is 1.60 bits per heavy atom. The van der Waals surface area contributed by atoms with E-state index in [9.17, 15) is 19.2 Å². The van der Waals surface area contributed by atoms with E-state index >= 15 is 0 Å². The maximum Gasteiger partial charge on any atom is 0.407 e. The standard InChI is InChI=1S/C36H48N2O10/c1-21-25-13-11-23(9-7-15-35(3)29(47-35)27(25)45-31(21)39)19-43-33(41)37-17-5-6-18-38-34(42)44-20-24-10-8-16-36(4)30(48-36)28-26(14-12-24)22(2)32(40)46-28/h9-10,25-30H,1-2,5-8,11-20H2,3-4H3,(H,37,41)(H,38,42)/b23-9+,24-10+/t25-,26-,27-,28-,29-,30-,35+,36+/m0/s1. The van der Waals surface area contributed by atoms with Crippen LogP contribution in [-0.2, 0) is 38.0 Å². The Balaban J connectivity index is 0.849. The van der Waals surface area contributed by atoms with Crippen molar-refractivity contribution < 1.29 is 47.6 Å². The first-order chi connectivity index (χ1) is 23.0. The van der Waals surface area contributed by atoms with E-state index < -0.39 is 12.2 Å². The molecule has 0 bridgehead atoms. The van der Waals surface area contributed by atoms with E-state index in [4.69, 9.17) is 28.4 Å². The van der Waals surface area contributed by atoms with Gasteiger partial charge in [-0.15, -0.1) is 0 Å². The number of allylic oxidation sites excluding steroid dienone is 2. The van der Waals surface area contributed by atoms with Crippen LogP contribution in [0.2, 0.25) is 0 Å². The maximum atomic E-state index is 12.4. The van der Waals surface area contributed by atoms with Gasteiger partial charge in [-0.2, -0.15) is 0 Å². The van der Waals surface area contributed by atoms with Crippen molar-refractivity contribution in [3.63, 3.8) is 0 Å². The largest absolute Gasteiger partial charge is 0.455 e. The molecule has 0 spiro atoms. The topological polar surface area (TPSA) is 154 Å². The molecule has 0 unspecified atom stereocenters. The van der Waals surface area contributed by atoms with Gasteiger partial charge in [-0.25, -0.2) is 19.2 Å². The second-order valence-corrected chi connectivity index (χ2v) is 14.3. The number of rotatable bonds is 9. The zero-order chi connectivity index (χ0) is 34.1. The third-order valence-electron chi connectivity index (χ3n) is 10.8. The third-order valence-corrected chi connectivity index (χ3v) is 10.8. The molecule has 4 fully saturated rings. The molecule has 0 saturated carbocycles. The van der Waals surface area contributed by atoms with Gasteiger partial charge in [-0.05, 0) is 89.2 Å². The lowest BCUT2D eigenvalue weighted by Crippen LogP contribution is -2.30. The Kier molecular flexibility index (Phi) is 10.0. The van der Waals surface area contributed by atoms with Crippen LogP contribution in [0.5, 0.6) is 0 Å². The summed E-state index contributed by atoms with van der Waals surface area (Å²) in [6, 6.07) is 0. The van der Waals surface area contributed by atoms with Crippen LogP contribution >= 0.6 is 0 Å². The first kappa shape index (κ1) is 34.2. The lowest BCUT2D eigenvalue weighted by molar-refractivity contribution is -0.140. The van der Waals surface area contributed by atoms with Crippen molar-refractivity contribution in [2.45, 2.75) is 114 Å². The smallest absolute Gasteiger partial charge is 0.407 e. The van der Waals surface area contributed by atoms with Gasteiger partial charge < -0.3 is 39.1 Å². The minimum Gasteiger partial charge on any atom is -0.455 e. The number of nitrogens with one attached hydrogen (secondary N) is 2. The monoisotopic (exact) mass is 668 g/mol. The molecule has 4 saturated heterocycles. The van der Waals surface area contributed by atoms with Crippen molar-refractivity contribution in [3.8, 4) is 0 Å². The Bertz CT molecular complexity index is 1300. The Labute approximate surface area is 281 Å². The van der Waals surface area contributed by atoms with Crippen molar-refractivity contribution in [1.29, 1.82) is 0 Å². The van der Waals surface area contributed by atoms with E-state index in [-0.39, 0.29) is 72.6 Å². The molecule has 262 valence electrons. The van der Waals surface area contributed by atoms with E-state index in [0.29, 0.717) is 62.8 Å². The van der Waals surface area contributed by atoms with Crippen LogP contribution in [-0.4, -0.2) is 86.0 Å². The van der Waals surface area contributed by atoms with Crippen LogP contribution in [0.4, 0.5) is 9.59 Å². The summed E-state index contributed by atoms with van der Waals surface area (Å²) in [5, 5.41) is 5.53. The van der Waals surface area contributed by atoms with Crippen LogP contribution in [0.3, 0.4) is 0 Å². The molecule has 0 aromatic rings. The number of carbonyl (C=O) groups is 4. The highest BCUT2D eigenvalue weighted by Gasteiger charge is 2.62. The van der Waals surface area contributed by atoms with Gasteiger partial charge in [0.15, 0.2) is 0 Å². The quantitative estimate of drug-likeness (QED) is 0.0880. The minimum absolute atomic E-state index is 0.0932. The molecule has 0 aromatic carbocycles. The summed E-state index contributed by atoms with van der Waals surface area (Å²) in [7, 11) is 0. The molecule has 0 radical (unpaired) electrons. The third kappa shape index (κ3) is 7.64. The summed E-state index contributed by atoms with van der Waals surface area (Å²) < 4.78 is 34.1. The Morgan fingerprint density at radius 2 is 1.19 bits per heavy atom. The summed E-state index contributed by atoms with van der Waals surface area (Å²) in [6.07, 6.45) is 9.60. The second-order valence-electron chi connectivity index (χ2n) is 14.3. The Morgan fingerprint density at radius 1 is 0.771 bits per heavy atom. The fraction of sp³-hybridized carbons (Fsp3) is 0.667. The summed E-state index contributed by atoms with van der Waals surface area (Å²) in [4.78, 5) is 49.1. The van der Waals surface area contributed by atoms with Crippen LogP contribution < -0.4 is 10.6 Å². The number of unbranched alkanes of at least 4 members (excludes halogenated alkanes) is 1. The fourth-order valence-corrected chi connectivity index (χ4v) is 7.55. The van der Waals surface area contributed by atoms with Crippen LogP contribution in [0.15, 0.2) is 47.6 Å². The zero-order valence-electron chi connectivity index (χ0n) is 28.0. The highest BCUT2D eigenvalue weighted by atomic mass is 16.7. The fourth-order valence-electron chi connectivity index (χ4n) is 7.55. The van der Waals surface area contributed by atoms with Gasteiger partial charge in [0.25, 0.3) is 0 Å². The summed E-state index contributed by atoms with van der Waals surface area (Å²) >= 11 is 0. The Hall–Kier alpha value is -3.64. The first-order valence-electron chi connectivity index (χ1n) is 17.3. The summed E-state index contributed by atoms with van der Waals surface area (Å²) in [5.74, 6) is -0.911. The number of alkyl carbamates (subject to hydrolysis) is 2. The number of fused-ring (bicyclic) bond motifs is 6. The molecule has 12 nitrogen and oxygen atoms in total. The van der Waals surface area contributed by atoms with Gasteiger partial charge in [0, 0.05) is 36.1 Å². The minimum atomic E-state index is -0.500. The van der Waals surface area contributed by atoms with E-state index in [1.807, 2.05) is 13.8 Å². The molecule has 8 atom stereocenters. The van der Waals surface area contributed by atoms with Crippen LogP contribution in [0.1, 0.15) is 78.1 Å². The highest BCUT2D eigenvalue weighted by Crippen LogP contribution is 2.51. The van der Waals surface area contributed by atoms with Gasteiger partial charge in [0.1, 0.15) is 37.6 Å². The number of amides is 2. The number of carbonyl (C=O) groups excluding carboxylic acids is 4. The van der Waals surface area contributed by atoms with Crippen molar-refractivity contribution in [2.24, 2.45) is 11.8 Å². The molecule has 48 heavy (non-hydrogen) atoms. The normalized spacial score (nSPS) is 37.8. The molecular formula is C36H48N2O10. The van der Waals surface area contributed by atoms with Gasteiger partial charge in [-0.3, -0.25) is 0 Å². The lowest BCUT2D eigenvalue weighted by atomic mass is 9.84. The molecule has 6 rings (SSSR count). The molecule has 0 aromatic heterocycles. The van der Waals surface area contributed by atoms with Crippen molar-refractivity contribution in [1.82, 2.24) is 10.6 Å². The number of ether oxygens (including phenoxy) is 6. The SMILES string of the molecule is C=C1C(=O)O[C@H]2[C@H]1CC/C(COC(=O)NCCCCNC(=O)OC/C1=C/CC[C@@]3(C)O[C@H]3[C@H]3OC(=O)C(=C)[C@@H]3CC1)=C\CC[C@@]1(C)O[C@@H]21. The van der Waals surface area contributed by atoms with Gasteiger partial charge >= 0.3 is 24.1 Å². The summed E-state index contributed by atoms with van der Waals surface area (Å²) in [6.45, 7) is 13.1. The zero-order valence-corrected chi connectivity index (χ0v) is 28.0. The predicted octanol–water partition coefficient (Wildman–Crippen LogP) is 4.73. The molecule has 2 aliphatic carbocycles. The number of epoxide rings is 2. The lowest BCUT2D eigenvalue weighted by Gasteiger charge is -2.20. The molecule has 6 aliphatic rings. The second kappa shape index (κ2) is 14.1. The van der Waals surface area contributed by atoms with Gasteiger partial charge in [-0.1, -0.05) is 25.3 Å². The van der Waals surface area contributed by atoms with E-state index in [0.717, 1.165) is 36.8 Å². The van der Waals surface area contributed by atoms with E-state index in [1.54, 1.807) is 0 Å². The van der Waals surface area contributed by atoms with Crippen molar-refractivity contribution in [2.75, 3.05) is 26.3 Å². The van der Waals surface area contributed by atoms with Gasteiger partial charge in [0.05, 0.1) is 11.2 Å². The van der Waals surface area contributed by atoms with E-state index in [2.05, 4.69) is 35.9 Å². The average Bonchev–Trinajstić information content (AvgIpc) is 3.86. The van der Waals surface area contributed by atoms with Gasteiger partial charge in [0.2, 0.25) is 0 Å². The van der Waals surface area contributed by atoms with Crippen LogP contribution in [0, 0.1) is 11.8 Å². The molecular weight excluding hydrogens is 620 g/mol. The molecule has 2 N–H and O–H groups in total. The maximum absolute atomic E-state index is 12.4. The first-order valence-corrected chi connectivity index (χ1v) is 17.3. The number of hydrogen-bond acceptors (Lipinski definition) is 10. The predicted molar refractivity (Wildman–Crippen MR) is 173 cm³/mol. The molecule has 4 aliphatic heterocycles. The molecule has 12 heteroatoms.